The molecule has 160 valence electrons. The van der Waals surface area contributed by atoms with E-state index in [-0.39, 0.29) is 12.1 Å². The summed E-state index contributed by atoms with van der Waals surface area (Å²) < 4.78 is 11.4. The van der Waals surface area contributed by atoms with Crippen molar-refractivity contribution in [3.8, 4) is 11.5 Å². The first-order valence-corrected chi connectivity index (χ1v) is 10.4. The van der Waals surface area contributed by atoms with Crippen molar-refractivity contribution in [3.05, 3.63) is 23.8 Å². The van der Waals surface area contributed by atoms with Gasteiger partial charge in [-0.25, -0.2) is 0 Å². The Labute approximate surface area is 171 Å². The van der Waals surface area contributed by atoms with E-state index in [1.54, 1.807) is 7.11 Å². The molecule has 1 atom stereocenters. The smallest absolute Gasteiger partial charge is 0.161 e. The van der Waals surface area contributed by atoms with Crippen molar-refractivity contribution in [3.63, 3.8) is 0 Å². The van der Waals surface area contributed by atoms with E-state index in [1.165, 1.54) is 5.56 Å². The zero-order chi connectivity index (χ0) is 20.7. The van der Waals surface area contributed by atoms with Crippen LogP contribution in [-0.2, 0) is 6.54 Å². The number of hydrogen-bond donors (Lipinski definition) is 1. The van der Waals surface area contributed by atoms with E-state index in [0.717, 1.165) is 39.3 Å². The number of piperazine rings is 1. The molecular weight excluding hydrogens is 354 g/mol. The molecule has 0 aromatic heterocycles. The topological polar surface area (TPSA) is 48.4 Å². The monoisotopic (exact) mass is 393 g/mol. The second-order valence-electron chi connectivity index (χ2n) is 8.38. The molecule has 1 saturated heterocycles. The molecule has 28 heavy (non-hydrogen) atoms. The van der Waals surface area contributed by atoms with Crippen molar-refractivity contribution in [2.75, 3.05) is 60.0 Å². The number of benzene rings is 1. The van der Waals surface area contributed by atoms with Crippen molar-refractivity contribution in [1.29, 1.82) is 0 Å². The Morgan fingerprint density at radius 2 is 1.89 bits per heavy atom. The van der Waals surface area contributed by atoms with Crippen molar-refractivity contribution in [1.82, 2.24) is 14.7 Å². The average molecular weight is 394 g/mol. The molecule has 6 nitrogen and oxygen atoms in total. The fourth-order valence-electron chi connectivity index (χ4n) is 3.69. The lowest BCUT2D eigenvalue weighted by Gasteiger charge is -2.45. The third kappa shape index (κ3) is 6.34. The van der Waals surface area contributed by atoms with Crippen LogP contribution in [0.3, 0.4) is 0 Å². The van der Waals surface area contributed by atoms with Crippen LogP contribution >= 0.6 is 0 Å². The molecular formula is C22H39N3O3. The van der Waals surface area contributed by atoms with Gasteiger partial charge in [0.2, 0.25) is 0 Å². The molecule has 1 aromatic rings. The second kappa shape index (κ2) is 10.4. The minimum atomic E-state index is -0.522. The van der Waals surface area contributed by atoms with E-state index >= 15 is 0 Å². The quantitative estimate of drug-likeness (QED) is 0.658. The number of aliphatic hydroxyl groups excluding tert-OH is 1. The van der Waals surface area contributed by atoms with Gasteiger partial charge in [0.15, 0.2) is 11.5 Å². The van der Waals surface area contributed by atoms with Gasteiger partial charge in [-0.2, -0.15) is 0 Å². The summed E-state index contributed by atoms with van der Waals surface area (Å²) in [5.74, 6) is 1.41. The van der Waals surface area contributed by atoms with Gasteiger partial charge >= 0.3 is 0 Å². The Morgan fingerprint density at radius 1 is 1.18 bits per heavy atom. The van der Waals surface area contributed by atoms with E-state index in [2.05, 4.69) is 55.5 Å². The van der Waals surface area contributed by atoms with Crippen molar-refractivity contribution in [2.45, 2.75) is 45.9 Å². The zero-order valence-corrected chi connectivity index (χ0v) is 18.6. The highest BCUT2D eigenvalue weighted by atomic mass is 16.5. The maximum atomic E-state index is 10.3. The third-order valence-electron chi connectivity index (χ3n) is 5.82. The van der Waals surface area contributed by atoms with E-state index < -0.39 is 6.10 Å². The van der Waals surface area contributed by atoms with Gasteiger partial charge in [-0.15, -0.1) is 0 Å². The minimum absolute atomic E-state index is 0.179. The predicted molar refractivity (Wildman–Crippen MR) is 114 cm³/mol. The second-order valence-corrected chi connectivity index (χ2v) is 8.38. The number of rotatable bonds is 10. The SMILES string of the molecule is CCN(CC)CC(O)COc1cc(CN2CCN(C)C(C)(C)C2)ccc1OC. The van der Waals surface area contributed by atoms with Gasteiger partial charge < -0.3 is 19.5 Å². The van der Waals surface area contributed by atoms with Crippen molar-refractivity contribution in [2.24, 2.45) is 0 Å². The number of hydrogen-bond acceptors (Lipinski definition) is 6. The summed E-state index contributed by atoms with van der Waals surface area (Å²) in [5.41, 5.74) is 1.38. The summed E-state index contributed by atoms with van der Waals surface area (Å²) in [6.07, 6.45) is -0.522. The van der Waals surface area contributed by atoms with Crippen LogP contribution in [0.25, 0.3) is 0 Å². The van der Waals surface area contributed by atoms with E-state index in [0.29, 0.717) is 18.0 Å². The Balaban J connectivity index is 1.99. The van der Waals surface area contributed by atoms with Crippen LogP contribution in [0.5, 0.6) is 11.5 Å². The molecule has 0 radical (unpaired) electrons. The summed E-state index contributed by atoms with van der Waals surface area (Å²) in [6, 6.07) is 6.11. The highest BCUT2D eigenvalue weighted by Gasteiger charge is 2.30. The van der Waals surface area contributed by atoms with Crippen LogP contribution in [-0.4, -0.2) is 91.5 Å². The fraction of sp³-hybridized carbons (Fsp3) is 0.727. The molecule has 1 unspecified atom stereocenters. The number of aliphatic hydroxyl groups is 1. The largest absolute Gasteiger partial charge is 0.493 e. The van der Waals surface area contributed by atoms with E-state index in [4.69, 9.17) is 9.47 Å². The number of nitrogens with zero attached hydrogens (tertiary/aromatic N) is 3. The van der Waals surface area contributed by atoms with E-state index in [9.17, 15) is 5.11 Å². The van der Waals surface area contributed by atoms with Gasteiger partial charge in [0.05, 0.1) is 7.11 Å². The first-order valence-electron chi connectivity index (χ1n) is 10.4. The lowest BCUT2D eigenvalue weighted by molar-refractivity contribution is 0.0359. The lowest BCUT2D eigenvalue weighted by atomic mass is 9.99. The van der Waals surface area contributed by atoms with Gasteiger partial charge in [0.25, 0.3) is 0 Å². The Bertz CT molecular complexity index is 605. The van der Waals surface area contributed by atoms with Crippen LogP contribution < -0.4 is 9.47 Å². The molecule has 1 aliphatic rings. The predicted octanol–water partition coefficient (Wildman–Crippen LogP) is 2.30. The van der Waals surface area contributed by atoms with Crippen LogP contribution in [0, 0.1) is 0 Å². The first-order chi connectivity index (χ1) is 13.3. The number of ether oxygens (including phenoxy) is 2. The number of likely N-dealkylation sites (N-methyl/N-ethyl adjacent to an activating group) is 2. The third-order valence-corrected chi connectivity index (χ3v) is 5.82. The lowest BCUT2D eigenvalue weighted by Crippen LogP contribution is -2.57. The van der Waals surface area contributed by atoms with Crippen molar-refractivity contribution >= 4 is 0 Å². The molecule has 0 bridgehead atoms. The molecule has 0 saturated carbocycles. The summed E-state index contributed by atoms with van der Waals surface area (Å²) in [6.45, 7) is 15.6. The molecule has 2 rings (SSSR count). The number of methoxy groups -OCH3 is 1. The summed E-state index contributed by atoms with van der Waals surface area (Å²) in [5, 5.41) is 10.3. The molecule has 1 fully saturated rings. The van der Waals surface area contributed by atoms with Gasteiger partial charge in [0, 0.05) is 38.3 Å². The van der Waals surface area contributed by atoms with Crippen LogP contribution in [0.15, 0.2) is 18.2 Å². The molecule has 6 heteroatoms. The van der Waals surface area contributed by atoms with Crippen LogP contribution in [0.1, 0.15) is 33.3 Å². The van der Waals surface area contributed by atoms with Gasteiger partial charge in [-0.1, -0.05) is 19.9 Å². The molecule has 1 N–H and O–H groups in total. The Morgan fingerprint density at radius 3 is 2.50 bits per heavy atom. The fourth-order valence-corrected chi connectivity index (χ4v) is 3.69. The highest BCUT2D eigenvalue weighted by Crippen LogP contribution is 2.29. The van der Waals surface area contributed by atoms with Gasteiger partial charge in [-0.3, -0.25) is 9.80 Å². The summed E-state index contributed by atoms with van der Waals surface area (Å²) >= 11 is 0. The van der Waals surface area contributed by atoms with E-state index in [1.807, 2.05) is 12.1 Å². The molecule has 1 aliphatic heterocycles. The standard InChI is InChI=1S/C22H39N3O3/c1-7-24(8-2)15-19(26)16-28-21-13-18(9-10-20(21)27-6)14-25-12-11-23(5)22(3,4)17-25/h9-10,13,19,26H,7-8,11-12,14-17H2,1-6H3. The normalized spacial score (nSPS) is 19.0. The van der Waals surface area contributed by atoms with Gasteiger partial charge in [0.1, 0.15) is 12.7 Å². The van der Waals surface area contributed by atoms with Gasteiger partial charge in [-0.05, 0) is 51.7 Å². The maximum Gasteiger partial charge on any atom is 0.161 e. The minimum Gasteiger partial charge on any atom is -0.493 e. The molecule has 1 aromatic carbocycles. The zero-order valence-electron chi connectivity index (χ0n) is 18.6. The summed E-state index contributed by atoms with van der Waals surface area (Å²) in [4.78, 5) is 7.10. The van der Waals surface area contributed by atoms with Crippen LogP contribution in [0.4, 0.5) is 0 Å². The highest BCUT2D eigenvalue weighted by molar-refractivity contribution is 5.43. The van der Waals surface area contributed by atoms with Crippen molar-refractivity contribution < 1.29 is 14.6 Å². The Hall–Kier alpha value is -1.34. The molecule has 1 heterocycles. The maximum absolute atomic E-state index is 10.3. The first kappa shape index (κ1) is 22.9. The molecule has 0 spiro atoms. The summed E-state index contributed by atoms with van der Waals surface area (Å²) in [7, 11) is 3.84. The Kier molecular flexibility index (Phi) is 8.56. The molecule has 0 amide bonds. The molecule has 0 aliphatic carbocycles. The van der Waals surface area contributed by atoms with Crippen LogP contribution in [0.2, 0.25) is 0 Å². The average Bonchev–Trinajstić information content (AvgIpc) is 2.67.